The van der Waals surface area contributed by atoms with E-state index in [2.05, 4.69) is 79.6 Å². The minimum Gasteiger partial charge on any atom is -0.377 e. The highest BCUT2D eigenvalue weighted by atomic mass is 32.2. The van der Waals surface area contributed by atoms with E-state index in [1.54, 1.807) is 17.8 Å². The van der Waals surface area contributed by atoms with Gasteiger partial charge in [-0.3, -0.25) is 0 Å². The molecule has 1 fully saturated rings. The predicted octanol–water partition coefficient (Wildman–Crippen LogP) is 7.58. The van der Waals surface area contributed by atoms with Gasteiger partial charge in [-0.2, -0.15) is 0 Å². The molecule has 5 nitrogen and oxygen atoms in total. The van der Waals surface area contributed by atoms with Gasteiger partial charge in [0, 0.05) is 6.61 Å². The molecular formula is C36H40O5S. The van der Waals surface area contributed by atoms with Crippen molar-refractivity contribution >= 4 is 22.5 Å². The summed E-state index contributed by atoms with van der Waals surface area (Å²) in [6, 6.07) is 35.2. The summed E-state index contributed by atoms with van der Waals surface area (Å²) in [7, 11) is 0. The lowest BCUT2D eigenvalue weighted by Crippen LogP contribution is -2.59. The third-order valence-electron chi connectivity index (χ3n) is 7.43. The van der Waals surface area contributed by atoms with Crippen molar-refractivity contribution in [3.05, 3.63) is 132 Å². The molecule has 0 unspecified atom stereocenters. The Hall–Kier alpha value is -2.97. The van der Waals surface area contributed by atoms with Crippen LogP contribution in [0.3, 0.4) is 0 Å². The van der Waals surface area contributed by atoms with Crippen LogP contribution in [0.4, 0.5) is 0 Å². The van der Waals surface area contributed by atoms with E-state index in [0.29, 0.717) is 39.5 Å². The first-order valence-corrected chi connectivity index (χ1v) is 15.8. The van der Waals surface area contributed by atoms with Crippen molar-refractivity contribution in [1.29, 1.82) is 0 Å². The lowest BCUT2D eigenvalue weighted by molar-refractivity contribution is -0.244. The molecule has 0 spiro atoms. The van der Waals surface area contributed by atoms with Crippen LogP contribution < -0.4 is 0 Å². The number of ether oxygens (including phenoxy) is 5. The number of benzene rings is 4. The molecule has 42 heavy (non-hydrogen) atoms. The second-order valence-corrected chi connectivity index (χ2v) is 11.3. The van der Waals surface area contributed by atoms with Crippen LogP contribution in [0.2, 0.25) is 0 Å². The zero-order valence-electron chi connectivity index (χ0n) is 24.2. The van der Waals surface area contributed by atoms with E-state index < -0.39 is 0 Å². The van der Waals surface area contributed by atoms with E-state index in [1.807, 2.05) is 36.4 Å². The molecule has 4 aromatic rings. The predicted molar refractivity (Wildman–Crippen MR) is 170 cm³/mol. The van der Waals surface area contributed by atoms with Gasteiger partial charge in [0.25, 0.3) is 0 Å². The number of hydrogen-bond donors (Lipinski definition) is 0. The van der Waals surface area contributed by atoms with Gasteiger partial charge in [-0.15, -0.1) is 18.3 Å². The lowest BCUT2D eigenvalue weighted by Gasteiger charge is -2.46. The fraction of sp³-hybridized carbons (Fsp3) is 0.333. The molecule has 0 bridgehead atoms. The van der Waals surface area contributed by atoms with E-state index in [9.17, 15) is 0 Å². The molecule has 5 atom stereocenters. The van der Waals surface area contributed by atoms with Crippen LogP contribution >= 0.6 is 11.8 Å². The monoisotopic (exact) mass is 584 g/mol. The molecule has 4 aromatic carbocycles. The van der Waals surface area contributed by atoms with Crippen molar-refractivity contribution in [3.8, 4) is 0 Å². The van der Waals surface area contributed by atoms with Crippen LogP contribution in [0.25, 0.3) is 10.8 Å². The molecule has 5 rings (SSSR count). The smallest absolute Gasteiger partial charge is 0.132 e. The van der Waals surface area contributed by atoms with Crippen LogP contribution in [0.1, 0.15) is 23.1 Å². The van der Waals surface area contributed by atoms with Crippen molar-refractivity contribution in [2.75, 3.05) is 19.5 Å². The standard InChI is InChI=1S/C36H40O5S/c1-3-21-38-34-33(39-25-28-14-8-5-9-15-28)32(20-22-37-24-27-12-6-4-7-13-27)41-36(42-2)35(34)40-26-29-18-19-30-16-10-11-17-31(30)23-29/h3-19,23,32-36H,1,20-22,24-26H2,2H3/t32-,33-,34+,35+,36+/m1/s1. The first-order valence-electron chi connectivity index (χ1n) is 14.5. The van der Waals surface area contributed by atoms with E-state index in [4.69, 9.17) is 23.7 Å². The Kier molecular flexibility index (Phi) is 11.6. The lowest BCUT2D eigenvalue weighted by atomic mass is 9.96. The molecule has 220 valence electrons. The molecule has 1 saturated heterocycles. The molecule has 1 aliphatic rings. The summed E-state index contributed by atoms with van der Waals surface area (Å²) in [4.78, 5) is 0. The Labute approximate surface area is 253 Å². The molecule has 0 radical (unpaired) electrons. The van der Waals surface area contributed by atoms with E-state index in [1.165, 1.54) is 10.8 Å². The van der Waals surface area contributed by atoms with Gasteiger partial charge in [0.1, 0.15) is 23.7 Å². The van der Waals surface area contributed by atoms with Crippen molar-refractivity contribution in [2.24, 2.45) is 0 Å². The third kappa shape index (κ3) is 8.32. The van der Waals surface area contributed by atoms with E-state index in [-0.39, 0.29) is 29.9 Å². The number of hydrogen-bond acceptors (Lipinski definition) is 6. The summed E-state index contributed by atoms with van der Waals surface area (Å²) in [5, 5.41) is 2.40. The minimum absolute atomic E-state index is 0.225. The topological polar surface area (TPSA) is 46.2 Å². The molecule has 0 saturated carbocycles. The fourth-order valence-corrected chi connectivity index (χ4v) is 6.05. The van der Waals surface area contributed by atoms with Crippen molar-refractivity contribution < 1.29 is 23.7 Å². The molecule has 1 aliphatic heterocycles. The van der Waals surface area contributed by atoms with Crippen LogP contribution in [-0.4, -0.2) is 49.3 Å². The average Bonchev–Trinajstić information content (AvgIpc) is 3.05. The number of rotatable bonds is 15. The molecule has 1 heterocycles. The fourth-order valence-electron chi connectivity index (χ4n) is 5.30. The first-order chi connectivity index (χ1) is 20.7. The molecule has 0 amide bonds. The van der Waals surface area contributed by atoms with Crippen LogP contribution in [-0.2, 0) is 43.5 Å². The van der Waals surface area contributed by atoms with Gasteiger partial charge in [-0.1, -0.05) is 103 Å². The van der Waals surface area contributed by atoms with Crippen LogP contribution in [0, 0.1) is 0 Å². The molecule has 0 N–H and O–H groups in total. The van der Waals surface area contributed by atoms with Gasteiger partial charge in [0.2, 0.25) is 0 Å². The highest BCUT2D eigenvalue weighted by Crippen LogP contribution is 2.35. The maximum atomic E-state index is 6.70. The summed E-state index contributed by atoms with van der Waals surface area (Å²) in [6.45, 7) is 6.29. The van der Waals surface area contributed by atoms with Gasteiger partial charge in [-0.25, -0.2) is 0 Å². The van der Waals surface area contributed by atoms with E-state index >= 15 is 0 Å². The normalized spacial score (nSPS) is 22.3. The van der Waals surface area contributed by atoms with Gasteiger partial charge in [0.15, 0.2) is 0 Å². The molecule has 0 aliphatic carbocycles. The Balaban J connectivity index is 1.33. The average molecular weight is 585 g/mol. The van der Waals surface area contributed by atoms with Gasteiger partial charge < -0.3 is 23.7 Å². The largest absolute Gasteiger partial charge is 0.377 e. The van der Waals surface area contributed by atoms with Gasteiger partial charge >= 0.3 is 0 Å². The van der Waals surface area contributed by atoms with Crippen LogP contribution in [0.15, 0.2) is 116 Å². The summed E-state index contributed by atoms with van der Waals surface area (Å²) in [5.41, 5.74) is 3.13. The Morgan fingerprint density at radius 2 is 1.33 bits per heavy atom. The highest BCUT2D eigenvalue weighted by molar-refractivity contribution is 7.99. The zero-order valence-corrected chi connectivity index (χ0v) is 25.0. The van der Waals surface area contributed by atoms with Crippen molar-refractivity contribution in [2.45, 2.75) is 56.1 Å². The molecular weight excluding hydrogens is 544 g/mol. The Morgan fingerprint density at radius 3 is 2.05 bits per heavy atom. The maximum absolute atomic E-state index is 6.70. The zero-order chi connectivity index (χ0) is 29.0. The second-order valence-electron chi connectivity index (χ2n) is 10.4. The second kappa shape index (κ2) is 16.0. The maximum Gasteiger partial charge on any atom is 0.132 e. The molecule has 0 aromatic heterocycles. The Bertz CT molecular complexity index is 1370. The van der Waals surface area contributed by atoms with Crippen LogP contribution in [0.5, 0.6) is 0 Å². The number of fused-ring (bicyclic) bond motifs is 1. The SMILES string of the molecule is C=CCO[C@H]1[C@H](OCc2ccccc2)[C@@H](CCOCc2ccccc2)O[C@@H](SC)[C@H]1OCc1ccc2ccccc2c1. The molecule has 6 heteroatoms. The van der Waals surface area contributed by atoms with E-state index in [0.717, 1.165) is 16.7 Å². The summed E-state index contributed by atoms with van der Waals surface area (Å²) in [6.07, 6.45) is 3.24. The highest BCUT2D eigenvalue weighted by Gasteiger charge is 2.47. The van der Waals surface area contributed by atoms with Gasteiger partial charge in [0.05, 0.1) is 32.5 Å². The number of thioether (sulfide) groups is 1. The quantitative estimate of drug-likeness (QED) is 0.106. The summed E-state index contributed by atoms with van der Waals surface area (Å²) >= 11 is 1.64. The third-order valence-corrected chi connectivity index (χ3v) is 8.27. The van der Waals surface area contributed by atoms with Crippen molar-refractivity contribution in [3.63, 3.8) is 0 Å². The summed E-state index contributed by atoms with van der Waals surface area (Å²) in [5.74, 6) is 0. The Morgan fingerprint density at radius 1 is 0.690 bits per heavy atom. The van der Waals surface area contributed by atoms with Gasteiger partial charge in [-0.05, 0) is 46.2 Å². The van der Waals surface area contributed by atoms with Crippen molar-refractivity contribution in [1.82, 2.24) is 0 Å². The summed E-state index contributed by atoms with van der Waals surface area (Å²) < 4.78 is 32.4. The minimum atomic E-state index is -0.351. The first kappa shape index (κ1) is 30.5.